The van der Waals surface area contributed by atoms with Gasteiger partial charge in [0.15, 0.2) is 0 Å². The van der Waals surface area contributed by atoms with E-state index in [2.05, 4.69) is 5.32 Å². The molecule has 0 saturated carbocycles. The normalized spacial score (nSPS) is 11.0. The zero-order valence-corrected chi connectivity index (χ0v) is 14.1. The summed E-state index contributed by atoms with van der Waals surface area (Å²) in [4.78, 5) is 33.0. The minimum atomic E-state index is -1.57. The zero-order valence-electron chi connectivity index (χ0n) is 10.2. The molecule has 0 aliphatic rings. The van der Waals surface area contributed by atoms with Crippen molar-refractivity contribution in [2.45, 2.75) is 12.5 Å². The standard InChI is InChI=1S/C11H11ClN2O4.K/c12-7-3-1-6(2-4-7)10(16)14-8(11(17)18)5-9(13)15;/h1-4,8H,5H2,(H2,13,15)(H,14,16)(H,17,18);/q;+1/p-1/t8-;/m0./s1. The Kier molecular flexibility index (Phi) is 8.47. The molecule has 8 heteroatoms. The second-order valence-corrected chi connectivity index (χ2v) is 3.96. The molecule has 0 aliphatic heterocycles. The number of nitrogens with two attached hydrogens (primary N) is 1. The van der Waals surface area contributed by atoms with E-state index in [1.807, 2.05) is 0 Å². The fourth-order valence-corrected chi connectivity index (χ4v) is 1.36. The number of carboxylic acid groups (broad SMARTS) is 1. The Labute approximate surface area is 157 Å². The molecule has 0 radical (unpaired) electrons. The van der Waals surface area contributed by atoms with Crippen LogP contribution >= 0.6 is 11.6 Å². The molecule has 0 bridgehead atoms. The van der Waals surface area contributed by atoms with Gasteiger partial charge in [-0.1, -0.05) is 11.6 Å². The Balaban J connectivity index is 0.00000324. The van der Waals surface area contributed by atoms with Crippen LogP contribution in [0.5, 0.6) is 0 Å². The predicted molar refractivity (Wildman–Crippen MR) is 61.5 cm³/mol. The molecular formula is C11H10ClKN2O4. The van der Waals surface area contributed by atoms with Gasteiger partial charge in [0.1, 0.15) is 0 Å². The van der Waals surface area contributed by atoms with E-state index in [-0.39, 0.29) is 56.9 Å². The van der Waals surface area contributed by atoms with E-state index < -0.39 is 30.2 Å². The molecule has 0 aliphatic carbocycles. The monoisotopic (exact) mass is 308 g/mol. The summed E-state index contributed by atoms with van der Waals surface area (Å²) in [6.45, 7) is 0. The van der Waals surface area contributed by atoms with E-state index in [4.69, 9.17) is 17.3 Å². The molecule has 2 amide bonds. The third-order valence-electron chi connectivity index (χ3n) is 2.10. The van der Waals surface area contributed by atoms with Crippen molar-refractivity contribution in [3.8, 4) is 0 Å². The number of primary amides is 1. The summed E-state index contributed by atoms with van der Waals surface area (Å²) in [5, 5.41) is 13.3. The number of aliphatic carboxylic acids is 1. The molecule has 0 saturated heterocycles. The van der Waals surface area contributed by atoms with Crippen LogP contribution in [0.15, 0.2) is 24.3 Å². The third kappa shape index (κ3) is 6.51. The summed E-state index contributed by atoms with van der Waals surface area (Å²) in [6, 6.07) is 4.37. The molecule has 0 spiro atoms. The quantitative estimate of drug-likeness (QED) is 0.541. The molecule has 96 valence electrons. The van der Waals surface area contributed by atoms with Crippen molar-refractivity contribution in [3.63, 3.8) is 0 Å². The number of hydrogen-bond donors (Lipinski definition) is 2. The molecule has 0 aromatic heterocycles. The van der Waals surface area contributed by atoms with E-state index in [0.29, 0.717) is 5.02 Å². The van der Waals surface area contributed by atoms with Gasteiger partial charge in [0.2, 0.25) is 5.91 Å². The molecule has 0 fully saturated rings. The van der Waals surface area contributed by atoms with E-state index in [9.17, 15) is 19.5 Å². The van der Waals surface area contributed by atoms with Crippen molar-refractivity contribution in [1.82, 2.24) is 5.32 Å². The molecule has 3 N–H and O–H groups in total. The van der Waals surface area contributed by atoms with Crippen LogP contribution in [0, 0.1) is 0 Å². The summed E-state index contributed by atoms with van der Waals surface area (Å²) >= 11 is 5.64. The Morgan fingerprint density at radius 1 is 1.26 bits per heavy atom. The average molecular weight is 309 g/mol. The van der Waals surface area contributed by atoms with Crippen LogP contribution in [0.3, 0.4) is 0 Å². The smallest absolute Gasteiger partial charge is 0.548 e. The maximum absolute atomic E-state index is 11.7. The van der Waals surface area contributed by atoms with E-state index in [1.165, 1.54) is 24.3 Å². The van der Waals surface area contributed by atoms with Crippen LogP contribution in [0.25, 0.3) is 0 Å². The topological polar surface area (TPSA) is 112 Å². The molecular weight excluding hydrogens is 299 g/mol. The molecule has 1 rings (SSSR count). The molecule has 0 heterocycles. The molecule has 1 aromatic carbocycles. The third-order valence-corrected chi connectivity index (χ3v) is 2.35. The second kappa shape index (κ2) is 8.67. The number of carboxylic acids is 1. The fraction of sp³-hybridized carbons (Fsp3) is 0.182. The van der Waals surface area contributed by atoms with Crippen molar-refractivity contribution in [2.24, 2.45) is 5.73 Å². The molecule has 0 unspecified atom stereocenters. The van der Waals surface area contributed by atoms with Crippen LogP contribution in [-0.4, -0.2) is 23.8 Å². The number of hydrogen-bond acceptors (Lipinski definition) is 4. The first kappa shape index (κ1) is 18.6. The van der Waals surface area contributed by atoms with Crippen LogP contribution in [0.1, 0.15) is 16.8 Å². The van der Waals surface area contributed by atoms with Crippen LogP contribution in [0.2, 0.25) is 5.02 Å². The Bertz CT molecular complexity index is 478. The average Bonchev–Trinajstić information content (AvgIpc) is 2.28. The van der Waals surface area contributed by atoms with Crippen LogP contribution in [-0.2, 0) is 9.59 Å². The van der Waals surface area contributed by atoms with Crippen molar-refractivity contribution in [2.75, 3.05) is 0 Å². The molecule has 6 nitrogen and oxygen atoms in total. The number of amides is 2. The van der Waals surface area contributed by atoms with Crippen molar-refractivity contribution >= 4 is 29.4 Å². The van der Waals surface area contributed by atoms with Gasteiger partial charge in [-0.25, -0.2) is 0 Å². The van der Waals surface area contributed by atoms with Gasteiger partial charge in [0.25, 0.3) is 5.91 Å². The summed E-state index contributed by atoms with van der Waals surface area (Å²) in [6.07, 6.45) is -0.526. The first-order valence-corrected chi connectivity index (χ1v) is 5.33. The van der Waals surface area contributed by atoms with E-state index >= 15 is 0 Å². The van der Waals surface area contributed by atoms with Gasteiger partial charge in [0, 0.05) is 10.6 Å². The minimum absolute atomic E-state index is 0. The van der Waals surface area contributed by atoms with Gasteiger partial charge in [-0.05, 0) is 24.3 Å². The largest absolute Gasteiger partial charge is 1.00 e. The second-order valence-electron chi connectivity index (χ2n) is 3.52. The van der Waals surface area contributed by atoms with Gasteiger partial charge in [0.05, 0.1) is 18.4 Å². The van der Waals surface area contributed by atoms with E-state index in [1.54, 1.807) is 0 Å². The first-order valence-electron chi connectivity index (χ1n) is 4.95. The SMILES string of the molecule is NC(=O)C[C@H](NC(=O)c1ccc(Cl)cc1)C(=O)[O-].[K+]. The van der Waals surface area contributed by atoms with Gasteiger partial charge < -0.3 is 21.0 Å². The summed E-state index contributed by atoms with van der Waals surface area (Å²) in [5.41, 5.74) is 5.08. The Morgan fingerprint density at radius 2 is 1.79 bits per heavy atom. The Hall–Kier alpha value is -0.444. The number of halogens is 1. The minimum Gasteiger partial charge on any atom is -0.548 e. The van der Waals surface area contributed by atoms with Crippen molar-refractivity contribution in [1.29, 1.82) is 0 Å². The maximum atomic E-state index is 11.7. The number of carbonyl (C=O) groups is 3. The molecule has 19 heavy (non-hydrogen) atoms. The molecule has 1 aromatic rings. The van der Waals surface area contributed by atoms with Crippen LogP contribution < -0.4 is 67.5 Å². The number of carbonyl (C=O) groups excluding carboxylic acids is 3. The zero-order chi connectivity index (χ0) is 13.7. The summed E-state index contributed by atoms with van der Waals surface area (Å²) in [7, 11) is 0. The van der Waals surface area contributed by atoms with Gasteiger partial charge >= 0.3 is 51.4 Å². The van der Waals surface area contributed by atoms with Crippen molar-refractivity contribution in [3.05, 3.63) is 34.9 Å². The van der Waals surface area contributed by atoms with Crippen molar-refractivity contribution < 1.29 is 70.9 Å². The maximum Gasteiger partial charge on any atom is 1.00 e. The van der Waals surface area contributed by atoms with E-state index in [0.717, 1.165) is 0 Å². The van der Waals surface area contributed by atoms with Gasteiger partial charge in [-0.15, -0.1) is 0 Å². The fourth-order valence-electron chi connectivity index (χ4n) is 1.24. The summed E-state index contributed by atoms with van der Waals surface area (Å²) in [5.74, 6) is -3.07. The number of nitrogens with one attached hydrogen (secondary N) is 1. The summed E-state index contributed by atoms with van der Waals surface area (Å²) < 4.78 is 0. The van der Waals surface area contributed by atoms with Crippen LogP contribution in [0.4, 0.5) is 0 Å². The molecule has 1 atom stereocenters. The number of rotatable bonds is 5. The predicted octanol–water partition coefficient (Wildman–Crippen LogP) is -3.93. The van der Waals surface area contributed by atoms with Gasteiger partial charge in [-0.3, -0.25) is 9.59 Å². The Morgan fingerprint density at radius 3 is 2.21 bits per heavy atom. The van der Waals surface area contributed by atoms with Gasteiger partial charge in [-0.2, -0.15) is 0 Å². The number of benzene rings is 1. The first-order chi connectivity index (χ1) is 8.40.